The van der Waals surface area contributed by atoms with Crippen molar-refractivity contribution >= 4 is 5.78 Å². The molecule has 0 aliphatic heterocycles. The molecule has 0 aliphatic rings. The number of rotatable bonds is 7. The molecule has 0 heterocycles. The quantitative estimate of drug-likeness (QED) is 0.477. The smallest absolute Gasteiger partial charge is 0.165 e. The third-order valence-electron chi connectivity index (χ3n) is 2.77. The summed E-state index contributed by atoms with van der Waals surface area (Å²) < 4.78 is 0. The van der Waals surface area contributed by atoms with Gasteiger partial charge in [0.25, 0.3) is 0 Å². The molecular weight excluding hydrogens is 494 g/mol. The second-order valence-corrected chi connectivity index (χ2v) is 4.93. The zero-order chi connectivity index (χ0) is 13.6. The van der Waals surface area contributed by atoms with Gasteiger partial charge >= 0.3 is 0 Å². The van der Waals surface area contributed by atoms with Gasteiger partial charge in [0.15, 0.2) is 5.78 Å². The zero-order valence-corrected chi connectivity index (χ0v) is 14.7. The maximum atomic E-state index is 11.6. The number of benzene rings is 1. The number of hydrogen-bond donors (Lipinski definition) is 3. The van der Waals surface area contributed by atoms with Crippen LogP contribution in [0.15, 0.2) is 30.3 Å². The van der Waals surface area contributed by atoms with Crippen LogP contribution in [-0.2, 0) is 11.3 Å². The molecule has 4 nitrogen and oxygen atoms in total. The van der Waals surface area contributed by atoms with Crippen LogP contribution in [0.4, 0.5) is 0 Å². The monoisotopic (exact) mass is 518 g/mol. The summed E-state index contributed by atoms with van der Waals surface area (Å²) >= 11 is 0. The number of ketones is 1. The van der Waals surface area contributed by atoms with Crippen molar-refractivity contribution in [2.75, 3.05) is 6.61 Å². The molecule has 1 radical (unpaired) electrons. The Hall–Kier alpha value is -2.23. The molecule has 0 spiro atoms. The first-order chi connectivity index (χ1) is 8.43. The maximum Gasteiger partial charge on any atom is 0.165 e. The van der Waals surface area contributed by atoms with Crippen LogP contribution < -0.4 is 5.32 Å². The maximum absolute atomic E-state index is 11.6. The minimum Gasteiger partial charge on any atom is -0.395 e. The molecule has 0 saturated carbocycles. The van der Waals surface area contributed by atoms with E-state index in [-0.39, 0.29) is 32.3 Å². The van der Waals surface area contributed by atoms with E-state index in [1.165, 1.54) is 13.8 Å². The normalized spacial score (nSPS) is 12.0. The van der Waals surface area contributed by atoms with Gasteiger partial charge in [0.2, 0.25) is 0 Å². The van der Waals surface area contributed by atoms with Gasteiger partial charge in [0.1, 0.15) is 5.60 Å². The largest absolute Gasteiger partial charge is 0.395 e. The van der Waals surface area contributed by atoms with E-state index in [1.807, 2.05) is 30.3 Å². The number of carbonyl (C=O) groups is 1. The summed E-state index contributed by atoms with van der Waals surface area (Å²) in [5, 5.41) is 21.9. The Morgan fingerprint density at radius 1 is 1.30 bits per heavy atom. The molecule has 1 atom stereocenters. The molecular formula is C15H24EsNO3-. The molecule has 0 aliphatic carbocycles. The minimum absolute atomic E-state index is 0. The third kappa shape index (κ3) is 6.64. The van der Waals surface area contributed by atoms with Gasteiger partial charge in [-0.15, -0.1) is 0 Å². The summed E-state index contributed by atoms with van der Waals surface area (Å²) in [6.45, 7) is 3.38. The Kier molecular flexibility index (Phi) is 8.84. The van der Waals surface area contributed by atoms with E-state index in [9.17, 15) is 15.0 Å². The van der Waals surface area contributed by atoms with Crippen molar-refractivity contribution in [1.29, 1.82) is 0 Å². The third-order valence-corrected chi connectivity index (χ3v) is 2.77. The van der Waals surface area contributed by atoms with Gasteiger partial charge in [-0.25, -0.2) is 0 Å². The van der Waals surface area contributed by atoms with Gasteiger partial charge in [0.05, 0.1) is 6.61 Å². The molecule has 119 valence electrons. The Balaban J connectivity index is 0. The standard InChI is InChI=1S/C14H21NO3.CH3.Es/c1-14(2,18)13(17)8-12(10-16)15-9-11-6-4-3-5-7-11;;/h3-7,12,15-16,18H,8-10H2,1-2H3;1H3;/q;-1;. The molecule has 20 heavy (non-hydrogen) atoms. The first-order valence-electron chi connectivity index (χ1n) is 6.07. The van der Waals surface area contributed by atoms with Gasteiger partial charge in [-0.1, -0.05) is 30.3 Å². The van der Waals surface area contributed by atoms with Crippen molar-refractivity contribution in [2.45, 2.75) is 38.5 Å². The Morgan fingerprint density at radius 2 is 1.85 bits per heavy atom. The van der Waals surface area contributed by atoms with Crippen LogP contribution in [0.1, 0.15) is 25.8 Å². The molecule has 1 unspecified atom stereocenters. The van der Waals surface area contributed by atoms with E-state index in [0.717, 1.165) is 5.56 Å². The average molecular weight is 518 g/mol. The van der Waals surface area contributed by atoms with Crippen LogP contribution in [0.5, 0.6) is 0 Å². The molecule has 1 aromatic rings. The second-order valence-electron chi connectivity index (χ2n) is 4.93. The average Bonchev–Trinajstić information content (AvgIpc) is 2.34. The molecule has 0 aromatic heterocycles. The Bertz CT molecular complexity index is 376. The summed E-state index contributed by atoms with van der Waals surface area (Å²) in [6.07, 6.45) is 0.118. The van der Waals surface area contributed by atoms with Crippen LogP contribution >= 0.6 is 0 Å². The van der Waals surface area contributed by atoms with Gasteiger partial charge in [0, 0.05) is 19.0 Å². The fourth-order valence-electron chi connectivity index (χ4n) is 1.53. The van der Waals surface area contributed by atoms with Crippen LogP contribution in [0.25, 0.3) is 0 Å². The van der Waals surface area contributed by atoms with Crippen LogP contribution in [0, 0.1) is 7.43 Å². The van der Waals surface area contributed by atoms with E-state index in [1.54, 1.807) is 0 Å². The summed E-state index contributed by atoms with van der Waals surface area (Å²) in [6, 6.07) is 9.42. The van der Waals surface area contributed by atoms with E-state index in [0.29, 0.717) is 6.54 Å². The summed E-state index contributed by atoms with van der Waals surface area (Å²) in [5.41, 5.74) is -0.256. The molecule has 1 rings (SSSR count). The molecule has 1 aromatic carbocycles. The first kappa shape index (κ1) is 20.1. The van der Waals surface area contributed by atoms with Crippen molar-refractivity contribution in [1.82, 2.24) is 5.32 Å². The molecule has 0 fully saturated rings. The summed E-state index contributed by atoms with van der Waals surface area (Å²) in [7, 11) is 0. The van der Waals surface area contributed by atoms with Gasteiger partial charge in [-0.05, 0) is 19.4 Å². The number of hydrogen-bond acceptors (Lipinski definition) is 4. The number of carbonyl (C=O) groups excluding carboxylic acids is 1. The SMILES string of the molecule is CC(C)(O)C(=O)CC(CO)NCc1ccccc1.[CH3-].[Es]. The molecule has 5 heteroatoms. The van der Waals surface area contributed by atoms with Crippen molar-refractivity contribution in [3.63, 3.8) is 0 Å². The fourth-order valence-corrected chi connectivity index (χ4v) is 1.53. The van der Waals surface area contributed by atoms with Gasteiger partial charge in [-0.3, -0.25) is 4.79 Å². The van der Waals surface area contributed by atoms with Crippen molar-refractivity contribution in [2.24, 2.45) is 0 Å². The summed E-state index contributed by atoms with van der Waals surface area (Å²) in [4.78, 5) is 11.6. The van der Waals surface area contributed by atoms with E-state index >= 15 is 0 Å². The topological polar surface area (TPSA) is 69.6 Å². The zero-order valence-electron chi connectivity index (χ0n) is 12.2. The predicted octanol–water partition coefficient (Wildman–Crippen LogP) is 1.32. The number of aliphatic hydroxyl groups is 2. The van der Waals surface area contributed by atoms with E-state index in [4.69, 9.17) is 0 Å². The second kappa shape index (κ2) is 8.80. The molecule has 0 saturated heterocycles. The predicted molar refractivity (Wildman–Crippen MR) is 76.5 cm³/mol. The van der Waals surface area contributed by atoms with Crippen molar-refractivity contribution < 1.29 is 15.0 Å². The van der Waals surface area contributed by atoms with Gasteiger partial charge < -0.3 is 23.0 Å². The fraction of sp³-hybridized carbons (Fsp3) is 0.467. The van der Waals surface area contributed by atoms with Crippen LogP contribution in [0.3, 0.4) is 0 Å². The minimum atomic E-state index is -1.35. The van der Waals surface area contributed by atoms with Crippen LogP contribution in [0.2, 0.25) is 0 Å². The molecule has 3 N–H and O–H groups in total. The Labute approximate surface area is 115 Å². The van der Waals surface area contributed by atoms with E-state index in [2.05, 4.69) is 5.32 Å². The molecule has 0 bridgehead atoms. The van der Waals surface area contributed by atoms with Crippen molar-refractivity contribution in [3.05, 3.63) is 43.3 Å². The first-order valence-corrected chi connectivity index (χ1v) is 6.07. The molecule has 0 amide bonds. The number of Topliss-reactive ketones (excluding diaryl/α,β-unsaturated/α-hetero) is 1. The van der Waals surface area contributed by atoms with Crippen LogP contribution in [-0.4, -0.2) is 34.2 Å². The number of nitrogens with one attached hydrogen (secondary N) is 1. The summed E-state index contributed by atoms with van der Waals surface area (Å²) in [5.74, 6) is -0.276. The van der Waals surface area contributed by atoms with E-state index < -0.39 is 5.60 Å². The Morgan fingerprint density at radius 3 is 2.30 bits per heavy atom. The number of aliphatic hydroxyl groups excluding tert-OH is 1. The van der Waals surface area contributed by atoms with Gasteiger partial charge in [-0.2, -0.15) is 0 Å². The van der Waals surface area contributed by atoms with Crippen molar-refractivity contribution in [3.8, 4) is 0 Å².